The number of carbonyl (C=O) groups is 1. The van der Waals surface area contributed by atoms with E-state index in [1.807, 2.05) is 6.08 Å². The van der Waals surface area contributed by atoms with Gasteiger partial charge in [-0.3, -0.25) is 4.79 Å². The van der Waals surface area contributed by atoms with Gasteiger partial charge in [-0.05, 0) is 32.1 Å². The van der Waals surface area contributed by atoms with Gasteiger partial charge in [0.1, 0.15) is 0 Å². The first-order chi connectivity index (χ1) is 37.2. The topological polar surface area (TPSA) is 69.6 Å². The van der Waals surface area contributed by atoms with Crippen LogP contribution in [-0.2, 0) is 4.79 Å². The normalized spacial score (nSPS) is 12.7. The average Bonchev–Trinajstić information content (AvgIpc) is 3.41. The lowest BCUT2D eigenvalue weighted by Crippen LogP contribution is -2.45. The van der Waals surface area contributed by atoms with Crippen molar-refractivity contribution >= 4 is 5.91 Å². The molecular weight excluding hydrogens is 915 g/mol. The third-order valence-corrected chi connectivity index (χ3v) is 16.7. The van der Waals surface area contributed by atoms with Crippen molar-refractivity contribution in [2.45, 2.75) is 418 Å². The predicted molar refractivity (Wildman–Crippen MR) is 336 cm³/mol. The van der Waals surface area contributed by atoms with Gasteiger partial charge in [0.15, 0.2) is 0 Å². The van der Waals surface area contributed by atoms with Crippen molar-refractivity contribution in [2.75, 3.05) is 6.61 Å². The van der Waals surface area contributed by atoms with Crippen LogP contribution in [0.25, 0.3) is 0 Å². The van der Waals surface area contributed by atoms with Crippen LogP contribution in [0.5, 0.6) is 0 Å². The predicted octanol–water partition coefficient (Wildman–Crippen LogP) is 23.8. The van der Waals surface area contributed by atoms with Crippen molar-refractivity contribution in [1.82, 2.24) is 5.32 Å². The van der Waals surface area contributed by atoms with Crippen LogP contribution in [-0.4, -0.2) is 34.9 Å². The summed E-state index contributed by atoms with van der Waals surface area (Å²) in [6, 6.07) is -0.637. The lowest BCUT2D eigenvalue weighted by Gasteiger charge is -2.19. The molecule has 0 aliphatic carbocycles. The second kappa shape index (κ2) is 67.1. The zero-order valence-corrected chi connectivity index (χ0v) is 51.6. The summed E-state index contributed by atoms with van der Waals surface area (Å²) in [5, 5.41) is 23.2. The number of hydrogen-bond acceptors (Lipinski definition) is 3. The van der Waals surface area contributed by atoms with Crippen LogP contribution in [0.2, 0.25) is 0 Å². The Labute approximate surface area is 472 Å². The van der Waals surface area contributed by atoms with Gasteiger partial charge < -0.3 is 15.5 Å². The van der Waals surface area contributed by atoms with E-state index in [0.717, 1.165) is 32.1 Å². The molecule has 0 saturated carbocycles. The molecule has 0 aromatic heterocycles. The van der Waals surface area contributed by atoms with Crippen molar-refractivity contribution in [1.29, 1.82) is 0 Å². The van der Waals surface area contributed by atoms with Crippen LogP contribution in [0.4, 0.5) is 0 Å². The molecule has 0 spiro atoms. The van der Waals surface area contributed by atoms with Gasteiger partial charge in [-0.25, -0.2) is 0 Å². The summed E-state index contributed by atoms with van der Waals surface area (Å²) in [4.78, 5) is 12.5. The monoisotopic (exact) mass is 1050 g/mol. The summed E-state index contributed by atoms with van der Waals surface area (Å²) in [7, 11) is 0. The van der Waals surface area contributed by atoms with Gasteiger partial charge in [-0.15, -0.1) is 0 Å². The highest BCUT2D eigenvalue weighted by atomic mass is 16.3. The standard InChI is InChI=1S/C71H139NO3/c1-3-5-7-9-11-13-15-17-19-21-23-25-27-29-30-31-32-33-34-35-36-37-38-39-40-41-42-43-45-47-49-51-53-55-57-59-61-63-65-67-71(75)72-69(68-73)70(74)66-64-62-60-58-56-54-52-50-48-46-44-28-26-24-22-20-18-16-14-12-10-8-6-4-2/h56,58,64,66,69-70,73-74H,3-55,57,59-63,65,67-68H2,1-2H3,(H,72,75)/b58-56+,66-64+. The van der Waals surface area contributed by atoms with Crippen LogP contribution >= 0.6 is 0 Å². The van der Waals surface area contributed by atoms with E-state index in [4.69, 9.17) is 0 Å². The Morgan fingerprint density at radius 1 is 0.307 bits per heavy atom. The fourth-order valence-electron chi connectivity index (χ4n) is 11.4. The van der Waals surface area contributed by atoms with Crippen LogP contribution in [0, 0.1) is 0 Å². The highest BCUT2D eigenvalue weighted by Gasteiger charge is 2.18. The van der Waals surface area contributed by atoms with Crippen molar-refractivity contribution < 1.29 is 15.0 Å². The molecule has 0 bridgehead atoms. The number of amides is 1. The van der Waals surface area contributed by atoms with Crippen LogP contribution in [0.3, 0.4) is 0 Å². The molecule has 2 atom stereocenters. The summed E-state index contributed by atoms with van der Waals surface area (Å²) in [5.41, 5.74) is 0. The Kier molecular flexibility index (Phi) is 66.1. The maximum atomic E-state index is 12.5. The zero-order chi connectivity index (χ0) is 54.1. The molecule has 4 heteroatoms. The average molecular weight is 1050 g/mol. The number of carbonyl (C=O) groups excluding carboxylic acids is 1. The van der Waals surface area contributed by atoms with Crippen LogP contribution < -0.4 is 5.32 Å². The Morgan fingerprint density at radius 3 is 0.773 bits per heavy atom. The minimum absolute atomic E-state index is 0.0643. The highest BCUT2D eigenvalue weighted by molar-refractivity contribution is 5.76. The third kappa shape index (κ3) is 63.6. The Bertz CT molecular complexity index is 1100. The van der Waals surface area contributed by atoms with E-state index in [1.165, 1.54) is 353 Å². The third-order valence-electron chi connectivity index (χ3n) is 16.7. The molecule has 0 rings (SSSR count). The molecule has 4 nitrogen and oxygen atoms in total. The molecule has 0 aromatic rings. The van der Waals surface area contributed by atoms with Gasteiger partial charge in [0, 0.05) is 6.42 Å². The van der Waals surface area contributed by atoms with E-state index in [2.05, 4.69) is 31.3 Å². The molecule has 0 aliphatic rings. The zero-order valence-electron chi connectivity index (χ0n) is 51.6. The quantitative estimate of drug-likeness (QED) is 0.0420. The summed E-state index contributed by atoms with van der Waals surface area (Å²) < 4.78 is 0. The van der Waals surface area contributed by atoms with E-state index in [-0.39, 0.29) is 12.5 Å². The van der Waals surface area contributed by atoms with E-state index in [0.29, 0.717) is 6.42 Å². The SMILES string of the molecule is CCCCCCCCCCCCCCCCCCCC/C=C/CC/C=C/C(O)C(CO)NC(=O)CCCCCCCCCCCCCCCCCCCCCCCCCCCCCCCCCCCCCCCCC. The van der Waals surface area contributed by atoms with Crippen molar-refractivity contribution in [2.24, 2.45) is 0 Å². The molecule has 1 amide bonds. The summed E-state index contributed by atoms with van der Waals surface area (Å²) in [6.45, 7) is 4.35. The minimum atomic E-state index is -0.861. The number of allylic oxidation sites excluding steroid dienone is 3. The van der Waals surface area contributed by atoms with Crippen molar-refractivity contribution in [3.05, 3.63) is 24.3 Å². The Morgan fingerprint density at radius 2 is 0.520 bits per heavy atom. The van der Waals surface area contributed by atoms with Crippen molar-refractivity contribution in [3.8, 4) is 0 Å². The number of hydrogen-bond donors (Lipinski definition) is 3. The first-order valence-electron chi connectivity index (χ1n) is 35.1. The summed E-state index contributed by atoms with van der Waals surface area (Å²) >= 11 is 0. The molecule has 3 N–H and O–H groups in total. The van der Waals surface area contributed by atoms with Crippen molar-refractivity contribution in [3.63, 3.8) is 0 Å². The van der Waals surface area contributed by atoms with Gasteiger partial charge in [0.2, 0.25) is 5.91 Å². The molecule has 0 aliphatic heterocycles. The minimum Gasteiger partial charge on any atom is -0.394 e. The van der Waals surface area contributed by atoms with Gasteiger partial charge in [0.05, 0.1) is 18.8 Å². The maximum Gasteiger partial charge on any atom is 0.220 e. The van der Waals surface area contributed by atoms with E-state index in [1.54, 1.807) is 6.08 Å². The molecule has 0 aromatic carbocycles. The highest BCUT2D eigenvalue weighted by Crippen LogP contribution is 2.19. The number of aliphatic hydroxyl groups is 2. The second-order valence-electron chi connectivity index (χ2n) is 24.3. The lowest BCUT2D eigenvalue weighted by atomic mass is 10.0. The summed E-state index contributed by atoms with van der Waals surface area (Å²) in [5.74, 6) is -0.0643. The van der Waals surface area contributed by atoms with Crippen LogP contribution in [0.15, 0.2) is 24.3 Å². The van der Waals surface area contributed by atoms with E-state index >= 15 is 0 Å². The van der Waals surface area contributed by atoms with Crippen LogP contribution in [0.1, 0.15) is 406 Å². The van der Waals surface area contributed by atoms with Gasteiger partial charge in [-0.1, -0.05) is 391 Å². The number of rotatable bonds is 66. The fraction of sp³-hybridized carbons (Fsp3) is 0.930. The smallest absolute Gasteiger partial charge is 0.220 e. The fourth-order valence-corrected chi connectivity index (χ4v) is 11.4. The molecule has 0 fully saturated rings. The summed E-state index contributed by atoms with van der Waals surface area (Å²) in [6.07, 6.45) is 91.4. The number of aliphatic hydroxyl groups excluding tert-OH is 2. The van der Waals surface area contributed by atoms with Gasteiger partial charge >= 0.3 is 0 Å². The number of nitrogens with one attached hydrogen (secondary N) is 1. The Hall–Kier alpha value is -1.13. The lowest BCUT2D eigenvalue weighted by molar-refractivity contribution is -0.123. The Balaban J connectivity index is 3.39. The number of unbranched alkanes of at least 4 members (excludes halogenated alkanes) is 57. The molecule has 0 saturated heterocycles. The maximum absolute atomic E-state index is 12.5. The molecule has 0 radical (unpaired) electrons. The van der Waals surface area contributed by atoms with E-state index in [9.17, 15) is 15.0 Å². The first-order valence-corrected chi connectivity index (χ1v) is 35.1. The molecule has 446 valence electrons. The molecule has 75 heavy (non-hydrogen) atoms. The molecule has 2 unspecified atom stereocenters. The first kappa shape index (κ1) is 73.9. The molecule has 0 heterocycles. The second-order valence-corrected chi connectivity index (χ2v) is 24.3. The largest absolute Gasteiger partial charge is 0.394 e. The van der Waals surface area contributed by atoms with E-state index < -0.39 is 12.1 Å². The van der Waals surface area contributed by atoms with Gasteiger partial charge in [-0.2, -0.15) is 0 Å². The van der Waals surface area contributed by atoms with Gasteiger partial charge in [0.25, 0.3) is 0 Å². The molecular formula is C71H139NO3.